The monoisotopic (exact) mass is 433 g/mol. The highest BCUT2D eigenvalue weighted by Crippen LogP contribution is 2.26. The van der Waals surface area contributed by atoms with E-state index in [4.69, 9.17) is 0 Å². The fraction of sp³-hybridized carbons (Fsp3) is 0.583. The quantitative estimate of drug-likeness (QED) is 0.744. The molecule has 1 aliphatic carbocycles. The van der Waals surface area contributed by atoms with Crippen LogP contribution in [0.25, 0.3) is 0 Å². The first kappa shape index (κ1) is 26.6. The number of nitrogens with zero attached hydrogens (tertiary/aromatic N) is 1. The lowest BCUT2D eigenvalue weighted by Crippen LogP contribution is -2.44. The Hall–Kier alpha value is -1.40. The van der Waals surface area contributed by atoms with E-state index in [-0.39, 0.29) is 26.7 Å². The highest BCUT2D eigenvalue weighted by atomic mass is 32.2. The van der Waals surface area contributed by atoms with E-state index in [1.165, 1.54) is 19.3 Å². The molecule has 1 saturated carbocycles. The van der Waals surface area contributed by atoms with Gasteiger partial charge in [-0.25, -0.2) is 8.42 Å². The lowest BCUT2D eigenvalue weighted by Gasteiger charge is -2.32. The molecule has 1 aliphatic heterocycles. The zero-order valence-corrected chi connectivity index (χ0v) is 19.2. The highest BCUT2D eigenvalue weighted by Gasteiger charge is 2.31. The van der Waals surface area contributed by atoms with Gasteiger partial charge >= 0.3 is 0 Å². The Kier molecular flexibility index (Phi) is 11.1. The van der Waals surface area contributed by atoms with Gasteiger partial charge in [0.05, 0.1) is 10.8 Å². The third-order valence-corrected chi connectivity index (χ3v) is 7.80. The molecule has 167 valence electrons. The maximum atomic E-state index is 13.0. The molecule has 1 atom stereocenters. The second kappa shape index (κ2) is 12.5. The average molecular weight is 434 g/mol. The van der Waals surface area contributed by atoms with Gasteiger partial charge in [0.25, 0.3) is 0 Å². The van der Waals surface area contributed by atoms with Crippen LogP contribution in [0, 0.1) is 33.6 Å². The molecule has 0 spiro atoms. The molecule has 2 aliphatic rings. The van der Waals surface area contributed by atoms with E-state index < -0.39 is 10.0 Å². The zero-order valence-electron chi connectivity index (χ0n) is 18.4. The molecule has 1 aromatic carbocycles. The molecule has 1 aromatic rings. The van der Waals surface area contributed by atoms with Crippen LogP contribution in [-0.2, 0) is 14.8 Å². The molecule has 1 unspecified atom stereocenters. The van der Waals surface area contributed by atoms with Crippen molar-refractivity contribution in [3.63, 3.8) is 0 Å². The van der Waals surface area contributed by atoms with Crippen molar-refractivity contribution in [1.82, 2.24) is 9.62 Å². The van der Waals surface area contributed by atoms with E-state index >= 15 is 0 Å². The van der Waals surface area contributed by atoms with Crippen molar-refractivity contribution in [2.45, 2.75) is 69.6 Å². The molecule has 1 heterocycles. The van der Waals surface area contributed by atoms with Gasteiger partial charge in [0.1, 0.15) is 0 Å². The number of benzene rings is 1. The SMILES string of the molecule is Cc1cccc(S(=O)(=O)N2CCCC(CNC(=O)[C]3CCCCCCC3)C2)c1.[CH2].[CH2]. The fourth-order valence-electron chi connectivity index (χ4n) is 4.26. The number of carbonyl (C=O) groups is 1. The molecule has 1 amide bonds. The maximum absolute atomic E-state index is 13.0. The van der Waals surface area contributed by atoms with Crippen molar-refractivity contribution in [1.29, 1.82) is 0 Å². The summed E-state index contributed by atoms with van der Waals surface area (Å²) < 4.78 is 27.5. The third kappa shape index (κ3) is 7.09. The largest absolute Gasteiger partial charge is 0.355 e. The summed E-state index contributed by atoms with van der Waals surface area (Å²) in [6, 6.07) is 7.09. The number of hydrogen-bond acceptors (Lipinski definition) is 3. The van der Waals surface area contributed by atoms with Crippen LogP contribution in [-0.4, -0.2) is 38.3 Å². The number of carbonyl (C=O) groups excluding carboxylic acids is 1. The third-order valence-electron chi connectivity index (χ3n) is 5.94. The Balaban J connectivity index is 0.00000225. The Morgan fingerprint density at radius 1 is 1.07 bits per heavy atom. The van der Waals surface area contributed by atoms with Crippen LogP contribution in [0.15, 0.2) is 29.2 Å². The molecule has 5 nitrogen and oxygen atoms in total. The van der Waals surface area contributed by atoms with Crippen molar-refractivity contribution in [2.24, 2.45) is 5.92 Å². The minimum absolute atomic E-state index is 0. The summed E-state index contributed by atoms with van der Waals surface area (Å²) in [5.41, 5.74) is 0.943. The number of hydrogen-bond donors (Lipinski definition) is 1. The second-order valence-electron chi connectivity index (χ2n) is 8.27. The van der Waals surface area contributed by atoms with Gasteiger partial charge in [-0.05, 0) is 56.2 Å². The molecular weight excluding hydrogens is 396 g/mol. The standard InChI is InChI=1S/C22H33N2O3S.2CH2/c1-18-9-7-13-21(15-18)28(26,27)24-14-8-10-19(17-24)16-23-22(25)20-11-5-3-2-4-6-12-20;;/h7,9,13,15,19H,2-6,8,10-12,14,16-17H2,1H3,(H,23,25);2*1H2. The smallest absolute Gasteiger partial charge is 0.243 e. The molecule has 2 fully saturated rings. The van der Waals surface area contributed by atoms with E-state index in [2.05, 4.69) is 5.32 Å². The van der Waals surface area contributed by atoms with Gasteiger partial charge < -0.3 is 5.32 Å². The van der Waals surface area contributed by atoms with E-state index in [0.717, 1.165) is 50.0 Å². The summed E-state index contributed by atoms with van der Waals surface area (Å²) >= 11 is 0. The summed E-state index contributed by atoms with van der Waals surface area (Å²) in [7, 11) is -3.47. The summed E-state index contributed by atoms with van der Waals surface area (Å²) in [5.74, 6) is 1.28. The number of sulfonamides is 1. The first-order valence-electron chi connectivity index (χ1n) is 10.7. The van der Waals surface area contributed by atoms with Gasteiger partial charge in [-0.3, -0.25) is 4.79 Å². The fourth-order valence-corrected chi connectivity index (χ4v) is 5.92. The van der Waals surface area contributed by atoms with Crippen LogP contribution >= 0.6 is 0 Å². The first-order chi connectivity index (χ1) is 13.5. The zero-order chi connectivity index (χ0) is 20.0. The van der Waals surface area contributed by atoms with Crippen molar-refractivity contribution in [3.05, 3.63) is 50.6 Å². The molecule has 6 heteroatoms. The van der Waals surface area contributed by atoms with Crippen molar-refractivity contribution in [2.75, 3.05) is 19.6 Å². The lowest BCUT2D eigenvalue weighted by atomic mass is 9.90. The van der Waals surface area contributed by atoms with Crippen LogP contribution in [0.2, 0.25) is 0 Å². The number of aryl methyl sites for hydroxylation is 1. The number of nitrogens with one attached hydrogen (secondary N) is 1. The summed E-state index contributed by atoms with van der Waals surface area (Å²) in [5, 5.41) is 3.09. The van der Waals surface area contributed by atoms with E-state index in [1.54, 1.807) is 22.5 Å². The second-order valence-corrected chi connectivity index (χ2v) is 10.2. The maximum Gasteiger partial charge on any atom is 0.243 e. The van der Waals surface area contributed by atoms with Crippen molar-refractivity contribution < 1.29 is 13.2 Å². The molecule has 1 saturated heterocycles. The predicted molar refractivity (Wildman–Crippen MR) is 122 cm³/mol. The van der Waals surface area contributed by atoms with E-state index in [0.29, 0.717) is 24.5 Å². The van der Waals surface area contributed by atoms with Crippen LogP contribution < -0.4 is 5.32 Å². The number of amides is 1. The van der Waals surface area contributed by atoms with Crippen LogP contribution in [0.3, 0.4) is 0 Å². The molecule has 30 heavy (non-hydrogen) atoms. The molecule has 0 aromatic heterocycles. The summed E-state index contributed by atoms with van der Waals surface area (Å²) in [4.78, 5) is 12.9. The van der Waals surface area contributed by atoms with Gasteiger partial charge in [-0.15, -0.1) is 0 Å². The summed E-state index contributed by atoms with van der Waals surface area (Å²) in [6.07, 6.45) is 9.52. The van der Waals surface area contributed by atoms with Gasteiger partial charge in [-0.1, -0.05) is 59.1 Å². The van der Waals surface area contributed by atoms with E-state index in [9.17, 15) is 13.2 Å². The van der Waals surface area contributed by atoms with Crippen LogP contribution in [0.4, 0.5) is 0 Å². The van der Waals surface area contributed by atoms with Crippen LogP contribution in [0.5, 0.6) is 0 Å². The van der Waals surface area contributed by atoms with E-state index in [1.807, 2.05) is 13.0 Å². The van der Waals surface area contributed by atoms with Gasteiger partial charge in [0, 0.05) is 19.6 Å². The predicted octanol–water partition coefficient (Wildman–Crippen LogP) is 4.49. The van der Waals surface area contributed by atoms with Gasteiger partial charge in [0.2, 0.25) is 15.9 Å². The van der Waals surface area contributed by atoms with Gasteiger partial charge in [0.15, 0.2) is 0 Å². The number of piperidine rings is 1. The Labute approximate surface area is 184 Å². The molecule has 0 bridgehead atoms. The minimum atomic E-state index is -3.47. The topological polar surface area (TPSA) is 66.5 Å². The first-order valence-corrected chi connectivity index (χ1v) is 12.1. The number of rotatable bonds is 5. The average Bonchev–Trinajstić information content (AvgIpc) is 2.66. The molecule has 5 radical (unpaired) electrons. The van der Waals surface area contributed by atoms with Crippen molar-refractivity contribution in [3.8, 4) is 0 Å². The van der Waals surface area contributed by atoms with Crippen molar-refractivity contribution >= 4 is 15.9 Å². The Morgan fingerprint density at radius 3 is 2.40 bits per heavy atom. The van der Waals surface area contributed by atoms with Gasteiger partial charge in [-0.2, -0.15) is 4.31 Å². The Morgan fingerprint density at radius 2 is 1.73 bits per heavy atom. The van der Waals surface area contributed by atoms with Crippen LogP contribution in [0.1, 0.15) is 63.4 Å². The highest BCUT2D eigenvalue weighted by molar-refractivity contribution is 7.89. The molecule has 1 N–H and O–H groups in total. The normalized spacial score (nSPS) is 21.4. The lowest BCUT2D eigenvalue weighted by molar-refractivity contribution is -0.120. The minimum Gasteiger partial charge on any atom is -0.355 e. The molecular formula is C24H37N2O3S. The molecule has 3 rings (SSSR count). The Bertz CT molecular complexity index is 755. The summed E-state index contributed by atoms with van der Waals surface area (Å²) in [6.45, 7) is 3.49.